The van der Waals surface area contributed by atoms with Gasteiger partial charge in [-0.05, 0) is 67.2 Å². The second-order valence-corrected chi connectivity index (χ2v) is 10.2. The molecule has 2 aromatic heterocycles. The van der Waals surface area contributed by atoms with E-state index in [1.165, 1.54) is 0 Å². The first-order valence-corrected chi connectivity index (χ1v) is 13.7. The fourth-order valence-corrected chi connectivity index (χ4v) is 5.18. The highest BCUT2D eigenvalue weighted by Gasteiger charge is 2.18. The van der Waals surface area contributed by atoms with Crippen LogP contribution in [0.15, 0.2) is 72.9 Å². The van der Waals surface area contributed by atoms with Gasteiger partial charge in [0.05, 0.1) is 36.5 Å². The number of fused-ring (bicyclic) bond motifs is 1. The summed E-state index contributed by atoms with van der Waals surface area (Å²) in [4.78, 5) is 30.1. The molecule has 1 aliphatic heterocycles. The minimum absolute atomic E-state index is 0.0748. The van der Waals surface area contributed by atoms with E-state index in [2.05, 4.69) is 37.1 Å². The molecule has 42 heavy (non-hydrogen) atoms. The van der Waals surface area contributed by atoms with Crippen LogP contribution in [0.2, 0.25) is 0 Å². The van der Waals surface area contributed by atoms with Crippen LogP contribution in [-0.4, -0.2) is 78.3 Å². The van der Waals surface area contributed by atoms with Gasteiger partial charge in [0.2, 0.25) is 5.88 Å². The van der Waals surface area contributed by atoms with Gasteiger partial charge in [-0.3, -0.25) is 4.79 Å². The van der Waals surface area contributed by atoms with E-state index in [0.29, 0.717) is 45.3 Å². The number of aromatic hydroxyl groups is 1. The van der Waals surface area contributed by atoms with Crippen molar-refractivity contribution in [1.82, 2.24) is 19.9 Å². The maximum atomic E-state index is 13.3. The Labute approximate surface area is 243 Å². The Hall–Kier alpha value is -5.09. The van der Waals surface area contributed by atoms with E-state index < -0.39 is 0 Å². The molecule has 0 radical (unpaired) electrons. The number of phenols is 1. The molecule has 3 heterocycles. The lowest BCUT2D eigenvalue weighted by Gasteiger charge is -2.34. The number of aromatic amines is 1. The van der Waals surface area contributed by atoms with E-state index >= 15 is 0 Å². The number of carbonyl (C=O) groups is 1. The van der Waals surface area contributed by atoms with Crippen molar-refractivity contribution < 1.29 is 19.4 Å². The summed E-state index contributed by atoms with van der Waals surface area (Å²) in [6.07, 6.45) is 1.66. The molecule has 1 fully saturated rings. The molecule has 214 valence electrons. The predicted molar refractivity (Wildman–Crippen MR) is 164 cm³/mol. The number of H-pyrrole nitrogens is 1. The molecule has 5 aromatic rings. The summed E-state index contributed by atoms with van der Waals surface area (Å²) in [7, 11) is 5.30. The van der Waals surface area contributed by atoms with Crippen molar-refractivity contribution >= 4 is 28.3 Å². The van der Waals surface area contributed by atoms with Crippen LogP contribution in [0.1, 0.15) is 10.4 Å². The van der Waals surface area contributed by atoms with Crippen molar-refractivity contribution in [3.8, 4) is 39.9 Å². The number of aromatic nitrogens is 3. The first-order valence-electron chi connectivity index (χ1n) is 13.7. The van der Waals surface area contributed by atoms with Gasteiger partial charge in [0.1, 0.15) is 17.3 Å². The summed E-state index contributed by atoms with van der Waals surface area (Å²) < 4.78 is 11.0. The fourth-order valence-electron chi connectivity index (χ4n) is 5.18. The van der Waals surface area contributed by atoms with Crippen LogP contribution in [0.4, 0.5) is 11.4 Å². The van der Waals surface area contributed by atoms with Gasteiger partial charge >= 0.3 is 0 Å². The van der Waals surface area contributed by atoms with Gasteiger partial charge in [-0.15, -0.1) is 0 Å². The number of nitrogens with one attached hydrogen (secondary N) is 2. The highest BCUT2D eigenvalue weighted by Crippen LogP contribution is 2.36. The summed E-state index contributed by atoms with van der Waals surface area (Å²) in [5.41, 5.74) is 5.59. The topological polar surface area (TPSA) is 116 Å². The zero-order chi connectivity index (χ0) is 29.2. The fraction of sp³-hybridized carbons (Fsp3) is 0.219. The van der Waals surface area contributed by atoms with E-state index in [0.717, 1.165) is 43.0 Å². The second-order valence-electron chi connectivity index (χ2n) is 10.2. The summed E-state index contributed by atoms with van der Waals surface area (Å²) in [6, 6.07) is 20.1. The van der Waals surface area contributed by atoms with E-state index in [1.807, 2.05) is 36.4 Å². The molecule has 0 atom stereocenters. The van der Waals surface area contributed by atoms with Gasteiger partial charge in [0, 0.05) is 55.3 Å². The van der Waals surface area contributed by atoms with Gasteiger partial charge in [-0.2, -0.15) is 0 Å². The minimum atomic E-state index is -0.271. The molecular weight excluding hydrogens is 532 g/mol. The Morgan fingerprint density at radius 1 is 0.952 bits per heavy atom. The number of benzene rings is 3. The number of likely N-dealkylation sites (N-methyl/N-ethyl adjacent to an activating group) is 1. The van der Waals surface area contributed by atoms with Crippen molar-refractivity contribution in [3.63, 3.8) is 0 Å². The van der Waals surface area contributed by atoms with Gasteiger partial charge in [-0.25, -0.2) is 9.97 Å². The number of ether oxygens (including phenoxy) is 2. The first kappa shape index (κ1) is 27.1. The molecule has 0 spiro atoms. The normalized spacial score (nSPS) is 13.7. The van der Waals surface area contributed by atoms with Crippen molar-refractivity contribution in [3.05, 3.63) is 78.5 Å². The standard InChI is InChI=1S/C32H32N6O4/c1-37-13-15-38(16-14-37)22-8-10-26(29(19-22)41-2)36-31(40)21-6-9-25-27(18-21)35-30(34-25)24-17-20(7-11-28(24)39)23-5-4-12-33-32(23)42-3/h4-12,17-19,39H,13-16H2,1-3H3,(H,34,35)(H,36,40). The Balaban J connectivity index is 1.24. The summed E-state index contributed by atoms with van der Waals surface area (Å²) >= 11 is 0. The molecule has 0 saturated carbocycles. The molecule has 0 aliphatic carbocycles. The number of hydrogen-bond donors (Lipinski definition) is 3. The Kier molecular flexibility index (Phi) is 7.37. The molecule has 3 N–H and O–H groups in total. The van der Waals surface area contributed by atoms with E-state index in [4.69, 9.17) is 9.47 Å². The Morgan fingerprint density at radius 3 is 2.57 bits per heavy atom. The van der Waals surface area contributed by atoms with Crippen molar-refractivity contribution in [2.24, 2.45) is 0 Å². The molecule has 10 heteroatoms. The lowest BCUT2D eigenvalue weighted by Crippen LogP contribution is -2.44. The lowest BCUT2D eigenvalue weighted by molar-refractivity contribution is 0.102. The average Bonchev–Trinajstić information content (AvgIpc) is 3.45. The third-order valence-corrected chi connectivity index (χ3v) is 7.57. The molecule has 1 saturated heterocycles. The Morgan fingerprint density at radius 2 is 1.79 bits per heavy atom. The molecule has 0 unspecified atom stereocenters. The number of nitrogens with zero attached hydrogens (tertiary/aromatic N) is 4. The highest BCUT2D eigenvalue weighted by molar-refractivity contribution is 6.07. The predicted octanol–water partition coefficient (Wildman–Crippen LogP) is 5.02. The molecule has 3 aromatic carbocycles. The van der Waals surface area contributed by atoms with Crippen LogP contribution in [0, 0.1) is 0 Å². The third kappa shape index (κ3) is 5.31. The number of piperazine rings is 1. The number of methoxy groups -OCH3 is 2. The molecule has 1 amide bonds. The van der Waals surface area contributed by atoms with Crippen LogP contribution in [0.3, 0.4) is 0 Å². The summed E-state index contributed by atoms with van der Waals surface area (Å²) in [6.45, 7) is 3.89. The molecule has 0 bridgehead atoms. The number of imidazole rings is 1. The summed E-state index contributed by atoms with van der Waals surface area (Å²) in [5, 5.41) is 13.7. The Bertz CT molecular complexity index is 1760. The monoisotopic (exact) mass is 564 g/mol. The minimum Gasteiger partial charge on any atom is -0.507 e. The third-order valence-electron chi connectivity index (χ3n) is 7.57. The van der Waals surface area contributed by atoms with E-state index in [-0.39, 0.29) is 11.7 Å². The van der Waals surface area contributed by atoms with E-state index in [1.54, 1.807) is 50.7 Å². The largest absolute Gasteiger partial charge is 0.507 e. The SMILES string of the molecule is COc1cc(N2CCN(C)CC2)ccc1NC(=O)c1ccc2nc(-c3cc(-c4cccnc4OC)ccc3O)[nH]c2c1. The molecular formula is C32H32N6O4. The number of rotatable bonds is 7. The van der Waals surface area contributed by atoms with Crippen LogP contribution >= 0.6 is 0 Å². The number of amides is 1. The van der Waals surface area contributed by atoms with Gasteiger partial charge in [-0.1, -0.05) is 6.07 Å². The molecule has 6 rings (SSSR count). The highest BCUT2D eigenvalue weighted by atomic mass is 16.5. The lowest BCUT2D eigenvalue weighted by atomic mass is 10.0. The molecule has 10 nitrogen and oxygen atoms in total. The number of carbonyl (C=O) groups excluding carboxylic acids is 1. The van der Waals surface area contributed by atoms with Crippen molar-refractivity contribution in [2.75, 3.05) is 57.7 Å². The maximum absolute atomic E-state index is 13.3. The second kappa shape index (κ2) is 11.4. The first-order chi connectivity index (χ1) is 20.4. The average molecular weight is 565 g/mol. The quantitative estimate of drug-likeness (QED) is 0.252. The zero-order valence-corrected chi connectivity index (χ0v) is 23.7. The number of hydrogen-bond acceptors (Lipinski definition) is 8. The number of anilines is 2. The van der Waals surface area contributed by atoms with Crippen LogP contribution in [0.25, 0.3) is 33.5 Å². The zero-order valence-electron chi connectivity index (χ0n) is 23.7. The van der Waals surface area contributed by atoms with Crippen LogP contribution in [-0.2, 0) is 0 Å². The van der Waals surface area contributed by atoms with Gasteiger partial charge < -0.3 is 34.7 Å². The van der Waals surface area contributed by atoms with Crippen LogP contribution < -0.4 is 19.7 Å². The molecule has 1 aliphatic rings. The number of pyridine rings is 1. The van der Waals surface area contributed by atoms with Gasteiger partial charge in [0.25, 0.3) is 5.91 Å². The van der Waals surface area contributed by atoms with Crippen LogP contribution in [0.5, 0.6) is 17.4 Å². The van der Waals surface area contributed by atoms with Crippen molar-refractivity contribution in [1.29, 1.82) is 0 Å². The number of phenolic OH excluding ortho intramolecular Hbond substituents is 1. The van der Waals surface area contributed by atoms with Gasteiger partial charge in [0.15, 0.2) is 0 Å². The van der Waals surface area contributed by atoms with E-state index in [9.17, 15) is 9.90 Å². The summed E-state index contributed by atoms with van der Waals surface area (Å²) in [5.74, 6) is 1.37. The maximum Gasteiger partial charge on any atom is 0.255 e. The van der Waals surface area contributed by atoms with Crippen molar-refractivity contribution in [2.45, 2.75) is 0 Å². The smallest absolute Gasteiger partial charge is 0.255 e.